The summed E-state index contributed by atoms with van der Waals surface area (Å²) in [6.07, 6.45) is 1.59. The van der Waals surface area contributed by atoms with Crippen molar-refractivity contribution in [2.24, 2.45) is 11.8 Å². The minimum Gasteiger partial charge on any atom is -0.370 e. The molecule has 0 aromatic carbocycles. The van der Waals surface area contributed by atoms with E-state index in [1.165, 1.54) is 0 Å². The van der Waals surface area contributed by atoms with Gasteiger partial charge in [0.1, 0.15) is 12.1 Å². The third kappa shape index (κ3) is 3.32. The smallest absolute Gasteiger partial charge is 0.129 e. The number of nitrogens with one attached hydrogen (secondary N) is 1. The average Bonchev–Trinajstić information content (AvgIpc) is 2.14. The number of hydrogen-bond acceptors (Lipinski definition) is 3. The molecule has 1 rings (SSSR count). The van der Waals surface area contributed by atoms with Crippen molar-refractivity contribution in [1.82, 2.24) is 9.97 Å². The van der Waals surface area contributed by atoms with Crippen molar-refractivity contribution in [3.05, 3.63) is 18.1 Å². The van der Waals surface area contributed by atoms with E-state index < -0.39 is 0 Å². The van der Waals surface area contributed by atoms with Crippen molar-refractivity contribution in [1.29, 1.82) is 0 Å². The molecule has 1 aromatic heterocycles. The normalized spacial score (nSPS) is 12.9. The van der Waals surface area contributed by atoms with E-state index in [2.05, 4.69) is 36.1 Å². The van der Waals surface area contributed by atoms with Gasteiger partial charge in [-0.15, -0.1) is 0 Å². The molecule has 0 radical (unpaired) electrons. The van der Waals surface area contributed by atoms with Crippen molar-refractivity contribution in [3.8, 4) is 0 Å². The lowest BCUT2D eigenvalue weighted by Gasteiger charge is -2.16. The Morgan fingerprint density at radius 2 is 2.00 bits per heavy atom. The summed E-state index contributed by atoms with van der Waals surface area (Å²) in [6, 6.07) is 1.97. The monoisotopic (exact) mass is 193 g/mol. The molecule has 0 aliphatic heterocycles. The Bertz CT molecular complexity index is 284. The fraction of sp³-hybridized carbons (Fsp3) is 0.636. The summed E-state index contributed by atoms with van der Waals surface area (Å²) in [4.78, 5) is 8.20. The Kier molecular flexibility index (Phi) is 3.86. The maximum Gasteiger partial charge on any atom is 0.129 e. The summed E-state index contributed by atoms with van der Waals surface area (Å²) in [6.45, 7) is 9.65. The van der Waals surface area contributed by atoms with Gasteiger partial charge in [-0.05, 0) is 18.8 Å². The highest BCUT2D eigenvalue weighted by atomic mass is 15.0. The Morgan fingerprint density at radius 1 is 1.29 bits per heavy atom. The van der Waals surface area contributed by atoms with Crippen LogP contribution in [0.25, 0.3) is 0 Å². The van der Waals surface area contributed by atoms with E-state index in [-0.39, 0.29) is 0 Å². The predicted molar refractivity (Wildman–Crippen MR) is 59.3 cm³/mol. The number of aryl methyl sites for hydroxylation is 1. The minimum absolute atomic E-state index is 0.658. The van der Waals surface area contributed by atoms with Crippen LogP contribution in [-0.4, -0.2) is 16.5 Å². The van der Waals surface area contributed by atoms with Crippen LogP contribution in [0, 0.1) is 18.8 Å². The topological polar surface area (TPSA) is 37.8 Å². The highest BCUT2D eigenvalue weighted by Gasteiger charge is 2.06. The summed E-state index contributed by atoms with van der Waals surface area (Å²) in [5.41, 5.74) is 1.000. The van der Waals surface area contributed by atoms with Gasteiger partial charge in [-0.25, -0.2) is 9.97 Å². The lowest BCUT2D eigenvalue weighted by atomic mass is 9.98. The summed E-state index contributed by atoms with van der Waals surface area (Å²) in [5.74, 6) is 2.28. The van der Waals surface area contributed by atoms with Gasteiger partial charge in [-0.2, -0.15) is 0 Å². The van der Waals surface area contributed by atoms with Crippen LogP contribution in [0.4, 0.5) is 5.82 Å². The number of rotatable bonds is 4. The first-order chi connectivity index (χ1) is 6.59. The molecule has 0 spiro atoms. The van der Waals surface area contributed by atoms with Crippen molar-refractivity contribution in [2.45, 2.75) is 27.7 Å². The molecule has 1 unspecified atom stereocenters. The molecule has 14 heavy (non-hydrogen) atoms. The van der Waals surface area contributed by atoms with Gasteiger partial charge in [0.2, 0.25) is 0 Å². The molecule has 3 nitrogen and oxygen atoms in total. The highest BCUT2D eigenvalue weighted by molar-refractivity contribution is 5.34. The molecule has 1 aromatic rings. The van der Waals surface area contributed by atoms with Crippen LogP contribution in [0.3, 0.4) is 0 Å². The van der Waals surface area contributed by atoms with Crippen LogP contribution < -0.4 is 5.32 Å². The van der Waals surface area contributed by atoms with E-state index in [9.17, 15) is 0 Å². The van der Waals surface area contributed by atoms with Crippen LogP contribution in [0.15, 0.2) is 12.4 Å². The van der Waals surface area contributed by atoms with E-state index in [4.69, 9.17) is 0 Å². The zero-order valence-electron chi connectivity index (χ0n) is 9.41. The SMILES string of the molecule is Cc1cc(NCC(C)C(C)C)ncn1. The fourth-order valence-corrected chi connectivity index (χ4v) is 1.05. The molecule has 1 atom stereocenters. The number of hydrogen-bond donors (Lipinski definition) is 1. The second-order valence-electron chi connectivity index (χ2n) is 4.15. The molecular weight excluding hydrogens is 174 g/mol. The predicted octanol–water partition coefficient (Wildman–Crippen LogP) is 2.49. The van der Waals surface area contributed by atoms with Crippen LogP contribution in [0.2, 0.25) is 0 Å². The second-order valence-corrected chi connectivity index (χ2v) is 4.15. The van der Waals surface area contributed by atoms with Gasteiger partial charge in [-0.3, -0.25) is 0 Å². The average molecular weight is 193 g/mol. The van der Waals surface area contributed by atoms with Gasteiger partial charge in [0.25, 0.3) is 0 Å². The van der Waals surface area contributed by atoms with Crippen LogP contribution in [0.5, 0.6) is 0 Å². The number of anilines is 1. The summed E-state index contributed by atoms with van der Waals surface area (Å²) in [7, 11) is 0. The Balaban J connectivity index is 2.45. The molecular formula is C11H19N3. The highest BCUT2D eigenvalue weighted by Crippen LogP contribution is 2.11. The van der Waals surface area contributed by atoms with Gasteiger partial charge in [0.15, 0.2) is 0 Å². The maximum atomic E-state index is 4.15. The molecule has 0 fully saturated rings. The molecule has 1 N–H and O–H groups in total. The van der Waals surface area contributed by atoms with Crippen LogP contribution in [-0.2, 0) is 0 Å². The standard InChI is InChI=1S/C11H19N3/c1-8(2)9(3)6-12-11-5-10(4)13-7-14-11/h5,7-9H,6H2,1-4H3,(H,12,13,14). The van der Waals surface area contributed by atoms with E-state index >= 15 is 0 Å². The summed E-state index contributed by atoms with van der Waals surface area (Å²) < 4.78 is 0. The molecule has 0 bridgehead atoms. The zero-order chi connectivity index (χ0) is 10.6. The second kappa shape index (κ2) is 4.94. The van der Waals surface area contributed by atoms with Crippen molar-refractivity contribution in [2.75, 3.05) is 11.9 Å². The molecule has 0 saturated carbocycles. The largest absolute Gasteiger partial charge is 0.370 e. The third-order valence-corrected chi connectivity index (χ3v) is 2.55. The zero-order valence-corrected chi connectivity index (χ0v) is 9.41. The Hall–Kier alpha value is -1.12. The van der Waals surface area contributed by atoms with Crippen LogP contribution in [0.1, 0.15) is 26.5 Å². The molecule has 0 amide bonds. The molecule has 0 aliphatic carbocycles. The van der Waals surface area contributed by atoms with E-state index in [0.717, 1.165) is 18.1 Å². The van der Waals surface area contributed by atoms with Gasteiger partial charge < -0.3 is 5.32 Å². The van der Waals surface area contributed by atoms with Crippen LogP contribution >= 0.6 is 0 Å². The van der Waals surface area contributed by atoms with Crippen molar-refractivity contribution >= 4 is 5.82 Å². The molecule has 3 heteroatoms. The minimum atomic E-state index is 0.658. The lowest BCUT2D eigenvalue weighted by molar-refractivity contribution is 0.439. The van der Waals surface area contributed by atoms with Crippen molar-refractivity contribution < 1.29 is 0 Å². The van der Waals surface area contributed by atoms with Gasteiger partial charge in [0.05, 0.1) is 0 Å². The van der Waals surface area contributed by atoms with Gasteiger partial charge >= 0.3 is 0 Å². The first-order valence-electron chi connectivity index (χ1n) is 5.12. The Labute approximate surface area is 86.0 Å². The number of aromatic nitrogens is 2. The molecule has 1 heterocycles. The summed E-state index contributed by atoms with van der Waals surface area (Å²) in [5, 5.41) is 3.32. The van der Waals surface area contributed by atoms with Gasteiger partial charge in [0, 0.05) is 18.3 Å². The van der Waals surface area contributed by atoms with Crippen molar-refractivity contribution in [3.63, 3.8) is 0 Å². The molecule has 0 saturated heterocycles. The van der Waals surface area contributed by atoms with E-state index in [1.54, 1.807) is 6.33 Å². The number of nitrogens with zero attached hydrogens (tertiary/aromatic N) is 2. The quantitative estimate of drug-likeness (QED) is 0.798. The van der Waals surface area contributed by atoms with E-state index in [1.807, 2.05) is 13.0 Å². The first-order valence-corrected chi connectivity index (χ1v) is 5.12. The third-order valence-electron chi connectivity index (χ3n) is 2.55. The fourth-order valence-electron chi connectivity index (χ4n) is 1.05. The Morgan fingerprint density at radius 3 is 2.57 bits per heavy atom. The van der Waals surface area contributed by atoms with E-state index in [0.29, 0.717) is 11.8 Å². The molecule has 0 aliphatic rings. The lowest BCUT2D eigenvalue weighted by Crippen LogP contribution is -2.16. The molecule has 78 valence electrons. The van der Waals surface area contributed by atoms with Gasteiger partial charge in [-0.1, -0.05) is 20.8 Å². The first kappa shape index (κ1) is 11.0. The summed E-state index contributed by atoms with van der Waals surface area (Å²) >= 11 is 0. The maximum absolute atomic E-state index is 4.15.